The van der Waals surface area contributed by atoms with Crippen LogP contribution >= 0.6 is 0 Å². The molecule has 0 fully saturated rings. The summed E-state index contributed by atoms with van der Waals surface area (Å²) in [6.07, 6.45) is 0. The largest absolute Gasteiger partial charge is 0.459 e. The number of ether oxygens (including phenoxy) is 2. The van der Waals surface area contributed by atoms with Crippen molar-refractivity contribution < 1.29 is 23.0 Å². The molecule has 0 rings (SSSR count). The zero-order valence-electron chi connectivity index (χ0n) is 6.39. The van der Waals surface area contributed by atoms with Gasteiger partial charge in [0.2, 0.25) is 0 Å². The average Bonchev–Trinajstić information content (AvgIpc) is 1.86. The fraction of sp³-hybridized carbons (Fsp3) is 0.833. The van der Waals surface area contributed by atoms with Crippen LogP contribution in [0.15, 0.2) is 0 Å². The highest BCUT2D eigenvalue weighted by Gasteiger charge is 2.33. The summed E-state index contributed by atoms with van der Waals surface area (Å²) in [7, 11) is 1.39. The molecule has 0 amide bonds. The van der Waals surface area contributed by atoms with Crippen LogP contribution in [0, 0.1) is 0 Å². The zero-order chi connectivity index (χ0) is 8.91. The van der Waals surface area contributed by atoms with Gasteiger partial charge in [-0.25, -0.2) is 4.79 Å². The van der Waals surface area contributed by atoms with E-state index in [1.807, 2.05) is 0 Å². The molecule has 0 heterocycles. The Hall–Kier alpha value is -0.710. The van der Waals surface area contributed by atoms with Crippen LogP contribution in [-0.4, -0.2) is 32.2 Å². The first-order valence-corrected chi connectivity index (χ1v) is 3.02. The molecule has 0 atom stereocenters. The highest BCUT2D eigenvalue weighted by Crippen LogP contribution is 2.12. The Bertz CT molecular complexity index is 130. The van der Waals surface area contributed by atoms with Gasteiger partial charge in [-0.15, -0.1) is 0 Å². The van der Waals surface area contributed by atoms with E-state index in [1.165, 1.54) is 7.11 Å². The van der Waals surface area contributed by atoms with E-state index in [0.29, 0.717) is 6.92 Å². The highest BCUT2D eigenvalue weighted by molar-refractivity contribution is 5.76. The van der Waals surface area contributed by atoms with Gasteiger partial charge in [-0.2, -0.15) is 8.78 Å². The molecule has 0 aromatic heterocycles. The second-order valence-corrected chi connectivity index (χ2v) is 2.02. The molecule has 0 saturated carbocycles. The van der Waals surface area contributed by atoms with Crippen molar-refractivity contribution in [3.8, 4) is 0 Å². The van der Waals surface area contributed by atoms with Crippen LogP contribution in [0.3, 0.4) is 0 Å². The number of hydrogen-bond acceptors (Lipinski definition) is 3. The molecule has 0 aromatic carbocycles. The van der Waals surface area contributed by atoms with E-state index >= 15 is 0 Å². The minimum absolute atomic E-state index is 0.127. The third kappa shape index (κ3) is 4.66. The van der Waals surface area contributed by atoms with Crippen LogP contribution < -0.4 is 0 Å². The first-order valence-electron chi connectivity index (χ1n) is 3.02. The summed E-state index contributed by atoms with van der Waals surface area (Å²) in [6, 6.07) is 0. The Morgan fingerprint density at radius 1 is 1.45 bits per heavy atom. The van der Waals surface area contributed by atoms with E-state index in [2.05, 4.69) is 9.47 Å². The SMILES string of the molecule is COCCOC(=O)C(C)(F)F. The maximum absolute atomic E-state index is 12.0. The summed E-state index contributed by atoms with van der Waals surface area (Å²) in [5.74, 6) is -4.93. The van der Waals surface area contributed by atoms with Crippen molar-refractivity contribution in [1.82, 2.24) is 0 Å². The van der Waals surface area contributed by atoms with Gasteiger partial charge in [0.25, 0.3) is 0 Å². The van der Waals surface area contributed by atoms with Gasteiger partial charge in [-0.3, -0.25) is 0 Å². The Morgan fingerprint density at radius 2 is 2.00 bits per heavy atom. The highest BCUT2D eigenvalue weighted by atomic mass is 19.3. The molecule has 11 heavy (non-hydrogen) atoms. The summed E-state index contributed by atoms with van der Waals surface area (Å²) in [5.41, 5.74) is 0. The lowest BCUT2D eigenvalue weighted by atomic mass is 10.4. The summed E-state index contributed by atoms with van der Waals surface area (Å²) in [6.45, 7) is 0.475. The third-order valence-electron chi connectivity index (χ3n) is 0.879. The predicted molar refractivity (Wildman–Crippen MR) is 33.5 cm³/mol. The van der Waals surface area contributed by atoms with Crippen molar-refractivity contribution in [2.45, 2.75) is 12.8 Å². The van der Waals surface area contributed by atoms with E-state index in [1.54, 1.807) is 0 Å². The first-order chi connectivity index (χ1) is 4.98. The van der Waals surface area contributed by atoms with E-state index in [4.69, 9.17) is 0 Å². The molecule has 0 aromatic rings. The smallest absolute Gasteiger partial charge is 0.376 e. The fourth-order valence-corrected chi connectivity index (χ4v) is 0.344. The molecule has 0 aliphatic heterocycles. The second kappa shape index (κ2) is 4.23. The lowest BCUT2D eigenvalue weighted by molar-refractivity contribution is -0.170. The average molecular weight is 168 g/mol. The van der Waals surface area contributed by atoms with Crippen molar-refractivity contribution in [1.29, 1.82) is 0 Å². The monoisotopic (exact) mass is 168 g/mol. The number of carbonyl (C=O) groups excluding carboxylic acids is 1. The van der Waals surface area contributed by atoms with Gasteiger partial charge >= 0.3 is 11.9 Å². The maximum Gasteiger partial charge on any atom is 0.376 e. The van der Waals surface area contributed by atoms with Gasteiger partial charge in [0, 0.05) is 14.0 Å². The van der Waals surface area contributed by atoms with Crippen LogP contribution in [0.2, 0.25) is 0 Å². The predicted octanol–water partition coefficient (Wildman–Crippen LogP) is 0.831. The quantitative estimate of drug-likeness (QED) is 0.460. The first kappa shape index (κ1) is 10.3. The Kier molecular flexibility index (Phi) is 3.95. The van der Waals surface area contributed by atoms with E-state index in [9.17, 15) is 13.6 Å². The van der Waals surface area contributed by atoms with E-state index < -0.39 is 11.9 Å². The summed E-state index contributed by atoms with van der Waals surface area (Å²) in [5, 5.41) is 0. The number of alkyl halides is 2. The zero-order valence-corrected chi connectivity index (χ0v) is 6.39. The molecule has 3 nitrogen and oxygen atoms in total. The van der Waals surface area contributed by atoms with Gasteiger partial charge < -0.3 is 9.47 Å². The van der Waals surface area contributed by atoms with E-state index in [-0.39, 0.29) is 13.2 Å². The molecular weight excluding hydrogens is 158 g/mol. The molecule has 0 N–H and O–H groups in total. The van der Waals surface area contributed by atoms with E-state index in [0.717, 1.165) is 0 Å². The molecule has 0 aliphatic carbocycles. The minimum atomic E-state index is -3.41. The summed E-state index contributed by atoms with van der Waals surface area (Å²) >= 11 is 0. The topological polar surface area (TPSA) is 35.5 Å². The van der Waals surface area contributed by atoms with Crippen molar-refractivity contribution in [3.05, 3.63) is 0 Å². The number of halogens is 2. The molecule has 0 saturated heterocycles. The Labute approximate surface area is 63.3 Å². The van der Waals surface area contributed by atoms with Crippen LogP contribution in [0.1, 0.15) is 6.92 Å². The number of hydrogen-bond donors (Lipinski definition) is 0. The lowest BCUT2D eigenvalue weighted by Gasteiger charge is -2.08. The van der Waals surface area contributed by atoms with Crippen LogP contribution in [-0.2, 0) is 14.3 Å². The van der Waals surface area contributed by atoms with Crippen molar-refractivity contribution in [2.75, 3.05) is 20.3 Å². The van der Waals surface area contributed by atoms with Gasteiger partial charge in [0.05, 0.1) is 6.61 Å². The summed E-state index contributed by atoms with van der Waals surface area (Å²) < 4.78 is 32.7. The maximum atomic E-state index is 12.0. The van der Waals surface area contributed by atoms with Crippen molar-refractivity contribution >= 4 is 5.97 Å². The fourth-order valence-electron chi connectivity index (χ4n) is 0.344. The minimum Gasteiger partial charge on any atom is -0.459 e. The second-order valence-electron chi connectivity index (χ2n) is 2.02. The number of esters is 1. The molecule has 0 unspecified atom stereocenters. The Morgan fingerprint density at radius 3 is 2.36 bits per heavy atom. The molecule has 0 spiro atoms. The molecule has 0 radical (unpaired) electrons. The van der Waals surface area contributed by atoms with Gasteiger partial charge in [-0.05, 0) is 0 Å². The number of methoxy groups -OCH3 is 1. The molecule has 0 bridgehead atoms. The molecular formula is C6H10F2O3. The molecule has 66 valence electrons. The standard InChI is InChI=1S/C6H10F2O3/c1-6(7,8)5(9)11-4-3-10-2/h3-4H2,1-2H3. The van der Waals surface area contributed by atoms with Crippen molar-refractivity contribution in [3.63, 3.8) is 0 Å². The summed E-state index contributed by atoms with van der Waals surface area (Å²) in [4.78, 5) is 10.3. The molecule has 5 heteroatoms. The third-order valence-corrected chi connectivity index (χ3v) is 0.879. The number of carbonyl (C=O) groups is 1. The van der Waals surface area contributed by atoms with Gasteiger partial charge in [0.15, 0.2) is 0 Å². The van der Waals surface area contributed by atoms with Crippen molar-refractivity contribution in [2.24, 2.45) is 0 Å². The van der Waals surface area contributed by atoms with Crippen LogP contribution in [0.4, 0.5) is 8.78 Å². The molecule has 0 aliphatic rings. The van der Waals surface area contributed by atoms with Crippen LogP contribution in [0.5, 0.6) is 0 Å². The normalized spacial score (nSPS) is 11.3. The van der Waals surface area contributed by atoms with Crippen LogP contribution in [0.25, 0.3) is 0 Å². The number of rotatable bonds is 4. The Balaban J connectivity index is 3.54. The lowest BCUT2D eigenvalue weighted by Crippen LogP contribution is -2.27. The van der Waals surface area contributed by atoms with Gasteiger partial charge in [-0.1, -0.05) is 0 Å². The van der Waals surface area contributed by atoms with Gasteiger partial charge in [0.1, 0.15) is 6.61 Å².